The minimum atomic E-state index is -0.664. The molecule has 0 aliphatic carbocycles. The molecular formula is C13H18ClNO3. The van der Waals surface area contributed by atoms with Gasteiger partial charge in [-0.2, -0.15) is 0 Å². The first kappa shape index (κ1) is 15.0. The molecule has 1 unspecified atom stereocenters. The lowest BCUT2D eigenvalue weighted by atomic mass is 10.1. The number of carbonyl (C=O) groups excluding carboxylic acids is 1. The molecular weight excluding hydrogens is 254 g/mol. The predicted octanol–water partition coefficient (Wildman–Crippen LogP) is 1.35. The summed E-state index contributed by atoms with van der Waals surface area (Å²) in [5, 5.41) is 10.2. The van der Waals surface area contributed by atoms with E-state index in [1.807, 2.05) is 12.1 Å². The van der Waals surface area contributed by atoms with Crippen LogP contribution in [0.1, 0.15) is 5.56 Å². The fraction of sp³-hybridized carbons (Fsp3) is 0.462. The van der Waals surface area contributed by atoms with Crippen LogP contribution in [0.3, 0.4) is 0 Å². The number of aliphatic hydroxyl groups excluding tert-OH is 1. The van der Waals surface area contributed by atoms with Crippen LogP contribution in [0, 0.1) is 0 Å². The summed E-state index contributed by atoms with van der Waals surface area (Å²) in [5.41, 5.74) is 0.862. The zero-order valence-corrected chi connectivity index (χ0v) is 11.4. The van der Waals surface area contributed by atoms with Crippen LogP contribution in [0.4, 0.5) is 0 Å². The molecule has 1 atom stereocenters. The zero-order valence-electron chi connectivity index (χ0n) is 10.6. The standard InChI is InChI=1S/C13H18ClNO3/c1-15(8-12(16)9-18-2)13(17)7-10-4-3-5-11(14)6-10/h3-6,12,16H,7-9H2,1-2H3. The summed E-state index contributed by atoms with van der Waals surface area (Å²) in [4.78, 5) is 13.4. The second-order valence-electron chi connectivity index (χ2n) is 4.19. The summed E-state index contributed by atoms with van der Waals surface area (Å²) < 4.78 is 4.81. The van der Waals surface area contributed by atoms with Gasteiger partial charge in [-0.1, -0.05) is 23.7 Å². The van der Waals surface area contributed by atoms with Crippen molar-refractivity contribution in [3.8, 4) is 0 Å². The number of amides is 1. The van der Waals surface area contributed by atoms with E-state index in [1.165, 1.54) is 12.0 Å². The summed E-state index contributed by atoms with van der Waals surface area (Å²) in [5.74, 6) is -0.0626. The number of ether oxygens (including phenoxy) is 1. The van der Waals surface area contributed by atoms with Crippen molar-refractivity contribution in [2.75, 3.05) is 27.3 Å². The quantitative estimate of drug-likeness (QED) is 0.850. The molecule has 100 valence electrons. The van der Waals surface area contributed by atoms with Gasteiger partial charge in [0.1, 0.15) is 0 Å². The van der Waals surface area contributed by atoms with Crippen molar-refractivity contribution in [2.45, 2.75) is 12.5 Å². The van der Waals surface area contributed by atoms with Gasteiger partial charge in [-0.25, -0.2) is 0 Å². The predicted molar refractivity (Wildman–Crippen MR) is 70.7 cm³/mol. The fourth-order valence-corrected chi connectivity index (χ4v) is 1.83. The van der Waals surface area contributed by atoms with Crippen LogP contribution >= 0.6 is 11.6 Å². The molecule has 4 nitrogen and oxygen atoms in total. The lowest BCUT2D eigenvalue weighted by Gasteiger charge is -2.20. The topological polar surface area (TPSA) is 49.8 Å². The van der Waals surface area contributed by atoms with E-state index in [9.17, 15) is 9.90 Å². The van der Waals surface area contributed by atoms with Crippen LogP contribution in [0.15, 0.2) is 24.3 Å². The number of benzene rings is 1. The molecule has 0 saturated heterocycles. The van der Waals surface area contributed by atoms with Gasteiger partial charge in [-0.15, -0.1) is 0 Å². The highest BCUT2D eigenvalue weighted by Crippen LogP contribution is 2.11. The first-order chi connectivity index (χ1) is 8.52. The molecule has 1 aromatic rings. The molecule has 1 N–H and O–H groups in total. The lowest BCUT2D eigenvalue weighted by Crippen LogP contribution is -2.37. The van der Waals surface area contributed by atoms with E-state index in [-0.39, 0.29) is 25.5 Å². The summed E-state index contributed by atoms with van der Waals surface area (Å²) in [7, 11) is 3.17. The molecule has 0 heterocycles. The minimum absolute atomic E-state index is 0.0626. The molecule has 0 radical (unpaired) electrons. The Morgan fingerprint density at radius 2 is 2.28 bits per heavy atom. The summed E-state index contributed by atoms with van der Waals surface area (Å²) in [6.07, 6.45) is -0.389. The van der Waals surface area contributed by atoms with Crippen LogP contribution in [0.25, 0.3) is 0 Å². The Kier molecular flexibility index (Phi) is 6.12. The van der Waals surface area contributed by atoms with Gasteiger partial charge in [0.15, 0.2) is 0 Å². The van der Waals surface area contributed by atoms with Crippen molar-refractivity contribution in [1.29, 1.82) is 0 Å². The number of aliphatic hydroxyl groups is 1. The molecule has 0 aromatic heterocycles. The molecule has 0 aliphatic heterocycles. The number of hydrogen-bond acceptors (Lipinski definition) is 3. The van der Waals surface area contributed by atoms with Crippen LogP contribution in [-0.2, 0) is 16.0 Å². The number of nitrogens with zero attached hydrogens (tertiary/aromatic N) is 1. The average Bonchev–Trinajstić information content (AvgIpc) is 2.29. The van der Waals surface area contributed by atoms with Crippen molar-refractivity contribution in [2.24, 2.45) is 0 Å². The highest BCUT2D eigenvalue weighted by molar-refractivity contribution is 6.30. The normalized spacial score (nSPS) is 12.2. The van der Waals surface area contributed by atoms with Gasteiger partial charge in [0.05, 0.1) is 19.1 Å². The molecule has 0 saturated carbocycles. The molecule has 1 rings (SSSR count). The van der Waals surface area contributed by atoms with Crippen molar-refractivity contribution in [1.82, 2.24) is 4.90 Å². The molecule has 0 spiro atoms. The second-order valence-corrected chi connectivity index (χ2v) is 4.63. The Bertz CT molecular complexity index is 398. The highest BCUT2D eigenvalue weighted by Gasteiger charge is 2.14. The van der Waals surface area contributed by atoms with Gasteiger partial charge >= 0.3 is 0 Å². The number of hydrogen-bond donors (Lipinski definition) is 1. The third kappa shape index (κ3) is 5.04. The highest BCUT2D eigenvalue weighted by atomic mass is 35.5. The van der Waals surface area contributed by atoms with Crippen molar-refractivity contribution in [3.63, 3.8) is 0 Å². The van der Waals surface area contributed by atoms with E-state index >= 15 is 0 Å². The summed E-state index contributed by atoms with van der Waals surface area (Å²) in [6, 6.07) is 7.19. The van der Waals surface area contributed by atoms with Gasteiger partial charge in [-0.05, 0) is 17.7 Å². The first-order valence-electron chi connectivity index (χ1n) is 5.68. The van der Waals surface area contributed by atoms with Crippen molar-refractivity contribution >= 4 is 17.5 Å². The zero-order chi connectivity index (χ0) is 13.5. The second kappa shape index (κ2) is 7.36. The van der Waals surface area contributed by atoms with Crippen molar-refractivity contribution in [3.05, 3.63) is 34.9 Å². The van der Waals surface area contributed by atoms with Gasteiger partial charge < -0.3 is 14.7 Å². The van der Waals surface area contributed by atoms with E-state index < -0.39 is 6.10 Å². The Hall–Kier alpha value is -1.10. The van der Waals surface area contributed by atoms with Crippen LogP contribution in [-0.4, -0.2) is 49.3 Å². The third-order valence-corrected chi connectivity index (χ3v) is 2.75. The minimum Gasteiger partial charge on any atom is -0.389 e. The van der Waals surface area contributed by atoms with Crippen LogP contribution in [0.2, 0.25) is 5.02 Å². The third-order valence-electron chi connectivity index (χ3n) is 2.51. The van der Waals surface area contributed by atoms with E-state index in [2.05, 4.69) is 0 Å². The first-order valence-corrected chi connectivity index (χ1v) is 6.06. The summed E-state index contributed by atoms with van der Waals surface area (Å²) >= 11 is 5.85. The summed E-state index contributed by atoms with van der Waals surface area (Å²) in [6.45, 7) is 0.474. The maximum absolute atomic E-state index is 11.9. The Morgan fingerprint density at radius 3 is 2.89 bits per heavy atom. The number of likely N-dealkylation sites (N-methyl/N-ethyl adjacent to an activating group) is 1. The smallest absolute Gasteiger partial charge is 0.226 e. The van der Waals surface area contributed by atoms with Crippen molar-refractivity contribution < 1.29 is 14.6 Å². The molecule has 5 heteroatoms. The number of halogens is 1. The van der Waals surface area contributed by atoms with E-state index in [1.54, 1.807) is 19.2 Å². The maximum atomic E-state index is 11.9. The Morgan fingerprint density at radius 1 is 1.56 bits per heavy atom. The molecule has 0 bridgehead atoms. The maximum Gasteiger partial charge on any atom is 0.226 e. The van der Waals surface area contributed by atoms with Gasteiger partial charge in [0.25, 0.3) is 0 Å². The number of carbonyl (C=O) groups is 1. The van der Waals surface area contributed by atoms with E-state index in [4.69, 9.17) is 16.3 Å². The molecule has 18 heavy (non-hydrogen) atoms. The lowest BCUT2D eigenvalue weighted by molar-refractivity contribution is -0.130. The van der Waals surface area contributed by atoms with Crippen LogP contribution in [0.5, 0.6) is 0 Å². The van der Waals surface area contributed by atoms with E-state index in [0.29, 0.717) is 5.02 Å². The van der Waals surface area contributed by atoms with Gasteiger partial charge in [0, 0.05) is 25.7 Å². The van der Waals surface area contributed by atoms with E-state index in [0.717, 1.165) is 5.56 Å². The molecule has 1 amide bonds. The molecule has 1 aromatic carbocycles. The fourth-order valence-electron chi connectivity index (χ4n) is 1.62. The molecule has 0 aliphatic rings. The van der Waals surface area contributed by atoms with Crippen LogP contribution < -0.4 is 0 Å². The van der Waals surface area contributed by atoms with Gasteiger partial charge in [-0.3, -0.25) is 4.79 Å². The Balaban J connectivity index is 2.49. The average molecular weight is 272 g/mol. The monoisotopic (exact) mass is 271 g/mol. The molecule has 0 fully saturated rings. The number of methoxy groups -OCH3 is 1. The number of rotatable bonds is 6. The Labute approximate surface area is 112 Å². The SMILES string of the molecule is COCC(O)CN(C)C(=O)Cc1cccc(Cl)c1. The van der Waals surface area contributed by atoms with Gasteiger partial charge in [0.2, 0.25) is 5.91 Å². The largest absolute Gasteiger partial charge is 0.389 e.